The van der Waals surface area contributed by atoms with Crippen LogP contribution < -0.4 is 15.4 Å². The summed E-state index contributed by atoms with van der Waals surface area (Å²) in [7, 11) is 0. The van der Waals surface area contributed by atoms with Gasteiger partial charge in [0.2, 0.25) is 5.91 Å². The van der Waals surface area contributed by atoms with E-state index in [1.165, 1.54) is 0 Å². The molecule has 27 heavy (non-hydrogen) atoms. The summed E-state index contributed by atoms with van der Waals surface area (Å²) in [6.07, 6.45) is 2.33. The van der Waals surface area contributed by atoms with E-state index in [0.29, 0.717) is 23.9 Å². The minimum absolute atomic E-state index is 0.0915. The van der Waals surface area contributed by atoms with Crippen molar-refractivity contribution in [1.29, 1.82) is 0 Å². The van der Waals surface area contributed by atoms with Crippen molar-refractivity contribution in [3.63, 3.8) is 0 Å². The summed E-state index contributed by atoms with van der Waals surface area (Å²) in [5, 5.41) is 5.84. The van der Waals surface area contributed by atoms with Gasteiger partial charge in [0.05, 0.1) is 13.0 Å². The van der Waals surface area contributed by atoms with Crippen LogP contribution in [0.3, 0.4) is 0 Å². The van der Waals surface area contributed by atoms with Gasteiger partial charge in [-0.05, 0) is 74.6 Å². The van der Waals surface area contributed by atoms with Crippen molar-refractivity contribution in [1.82, 2.24) is 5.32 Å². The fourth-order valence-electron chi connectivity index (χ4n) is 2.88. The standard InChI is InChI=1S/C22H26N2O3/c1-14-10-15(2)12-19(11-14)27-9-8-21(25)24-20-13-17(5-4-16(20)3)22(26)23-18-6-7-18/h4-5,10-13,18H,6-9H2,1-3H3,(H,23,26)(H,24,25). The Balaban J connectivity index is 1.54. The Labute approximate surface area is 160 Å². The maximum Gasteiger partial charge on any atom is 0.251 e. The summed E-state index contributed by atoms with van der Waals surface area (Å²) < 4.78 is 5.69. The van der Waals surface area contributed by atoms with Crippen LogP contribution in [0, 0.1) is 20.8 Å². The Morgan fingerprint density at radius 2 is 1.74 bits per heavy atom. The monoisotopic (exact) mass is 366 g/mol. The largest absolute Gasteiger partial charge is 0.493 e. The Kier molecular flexibility index (Phi) is 5.79. The molecule has 0 aliphatic heterocycles. The number of amides is 2. The molecule has 5 nitrogen and oxygen atoms in total. The van der Waals surface area contributed by atoms with Crippen LogP contribution >= 0.6 is 0 Å². The van der Waals surface area contributed by atoms with Gasteiger partial charge in [-0.25, -0.2) is 0 Å². The summed E-state index contributed by atoms with van der Waals surface area (Å²) >= 11 is 0. The van der Waals surface area contributed by atoms with Crippen molar-refractivity contribution >= 4 is 17.5 Å². The van der Waals surface area contributed by atoms with Crippen LogP contribution in [0.2, 0.25) is 0 Å². The molecule has 5 heteroatoms. The van der Waals surface area contributed by atoms with Crippen molar-refractivity contribution in [2.45, 2.75) is 46.1 Å². The van der Waals surface area contributed by atoms with E-state index in [-0.39, 0.29) is 18.2 Å². The molecule has 2 N–H and O–H groups in total. The third kappa shape index (κ3) is 5.58. The second-order valence-electron chi connectivity index (χ2n) is 7.25. The topological polar surface area (TPSA) is 67.4 Å². The number of aryl methyl sites for hydroxylation is 3. The average molecular weight is 366 g/mol. The zero-order chi connectivity index (χ0) is 19.4. The molecule has 142 valence electrons. The molecular weight excluding hydrogens is 340 g/mol. The van der Waals surface area contributed by atoms with Gasteiger partial charge in [0.1, 0.15) is 5.75 Å². The highest BCUT2D eigenvalue weighted by molar-refractivity contribution is 5.98. The van der Waals surface area contributed by atoms with Gasteiger partial charge in [-0.3, -0.25) is 9.59 Å². The van der Waals surface area contributed by atoms with Crippen LogP contribution in [0.4, 0.5) is 5.69 Å². The Morgan fingerprint density at radius 1 is 1.04 bits per heavy atom. The summed E-state index contributed by atoms with van der Waals surface area (Å²) in [4.78, 5) is 24.5. The van der Waals surface area contributed by atoms with Crippen molar-refractivity contribution in [3.8, 4) is 5.75 Å². The first kappa shape index (κ1) is 19.0. The second kappa shape index (κ2) is 8.25. The van der Waals surface area contributed by atoms with E-state index in [9.17, 15) is 9.59 Å². The lowest BCUT2D eigenvalue weighted by Gasteiger charge is -2.12. The van der Waals surface area contributed by atoms with Gasteiger partial charge >= 0.3 is 0 Å². The van der Waals surface area contributed by atoms with E-state index in [1.807, 2.05) is 39.0 Å². The maximum atomic E-state index is 12.3. The van der Waals surface area contributed by atoms with Gasteiger partial charge in [0, 0.05) is 17.3 Å². The molecule has 1 saturated carbocycles. The van der Waals surface area contributed by atoms with Gasteiger partial charge in [-0.1, -0.05) is 12.1 Å². The van der Waals surface area contributed by atoms with Crippen LogP contribution in [0.25, 0.3) is 0 Å². The predicted molar refractivity (Wildman–Crippen MR) is 106 cm³/mol. The molecule has 0 bridgehead atoms. The van der Waals surface area contributed by atoms with E-state index in [4.69, 9.17) is 4.74 Å². The summed E-state index contributed by atoms with van der Waals surface area (Å²) in [5.41, 5.74) is 4.41. The van der Waals surface area contributed by atoms with Crippen molar-refractivity contribution in [3.05, 3.63) is 58.7 Å². The zero-order valence-electron chi connectivity index (χ0n) is 16.1. The lowest BCUT2D eigenvalue weighted by atomic mass is 10.1. The highest BCUT2D eigenvalue weighted by Gasteiger charge is 2.24. The van der Waals surface area contributed by atoms with E-state index in [0.717, 1.165) is 35.3 Å². The van der Waals surface area contributed by atoms with Crippen LogP contribution in [0.5, 0.6) is 5.75 Å². The first-order valence-electron chi connectivity index (χ1n) is 9.33. The highest BCUT2D eigenvalue weighted by atomic mass is 16.5. The number of hydrogen-bond acceptors (Lipinski definition) is 3. The fourth-order valence-corrected chi connectivity index (χ4v) is 2.88. The predicted octanol–water partition coefficient (Wildman–Crippen LogP) is 3.91. The Morgan fingerprint density at radius 3 is 2.41 bits per heavy atom. The van der Waals surface area contributed by atoms with Gasteiger partial charge in [0.25, 0.3) is 5.91 Å². The van der Waals surface area contributed by atoms with Gasteiger partial charge < -0.3 is 15.4 Å². The average Bonchev–Trinajstić information content (AvgIpc) is 3.40. The quantitative estimate of drug-likeness (QED) is 0.781. The fraction of sp³-hybridized carbons (Fsp3) is 0.364. The molecule has 2 amide bonds. The third-order valence-electron chi connectivity index (χ3n) is 4.48. The summed E-state index contributed by atoms with van der Waals surface area (Å²) in [6.45, 7) is 6.24. The number of nitrogens with one attached hydrogen (secondary N) is 2. The molecule has 0 aromatic heterocycles. The number of hydrogen-bond donors (Lipinski definition) is 2. The molecule has 0 radical (unpaired) electrons. The minimum Gasteiger partial charge on any atom is -0.493 e. The number of ether oxygens (including phenoxy) is 1. The maximum absolute atomic E-state index is 12.3. The Bertz CT molecular complexity index is 836. The number of benzene rings is 2. The van der Waals surface area contributed by atoms with Gasteiger partial charge in [-0.15, -0.1) is 0 Å². The van der Waals surface area contributed by atoms with Crippen molar-refractivity contribution < 1.29 is 14.3 Å². The zero-order valence-corrected chi connectivity index (χ0v) is 16.1. The first-order chi connectivity index (χ1) is 12.9. The smallest absolute Gasteiger partial charge is 0.251 e. The molecule has 1 fully saturated rings. The molecule has 1 aliphatic carbocycles. The second-order valence-corrected chi connectivity index (χ2v) is 7.25. The van der Waals surface area contributed by atoms with E-state index in [1.54, 1.807) is 12.1 Å². The molecular formula is C22H26N2O3. The molecule has 2 aromatic rings. The lowest BCUT2D eigenvalue weighted by Crippen LogP contribution is -2.25. The molecule has 0 spiro atoms. The number of carbonyl (C=O) groups excluding carboxylic acids is 2. The number of anilines is 1. The third-order valence-corrected chi connectivity index (χ3v) is 4.48. The SMILES string of the molecule is Cc1cc(C)cc(OCCC(=O)Nc2cc(C(=O)NC3CC3)ccc2C)c1. The van der Waals surface area contributed by atoms with E-state index < -0.39 is 0 Å². The highest BCUT2D eigenvalue weighted by Crippen LogP contribution is 2.21. The molecule has 0 saturated heterocycles. The van der Waals surface area contributed by atoms with Crippen molar-refractivity contribution in [2.75, 3.05) is 11.9 Å². The van der Waals surface area contributed by atoms with Crippen LogP contribution in [-0.4, -0.2) is 24.5 Å². The normalized spacial score (nSPS) is 13.1. The van der Waals surface area contributed by atoms with Crippen molar-refractivity contribution in [2.24, 2.45) is 0 Å². The van der Waals surface area contributed by atoms with Gasteiger partial charge in [0.15, 0.2) is 0 Å². The molecule has 0 heterocycles. The van der Waals surface area contributed by atoms with Crippen LogP contribution in [0.1, 0.15) is 46.3 Å². The lowest BCUT2D eigenvalue weighted by molar-refractivity contribution is -0.116. The van der Waals surface area contributed by atoms with Crippen LogP contribution in [0.15, 0.2) is 36.4 Å². The van der Waals surface area contributed by atoms with E-state index >= 15 is 0 Å². The summed E-state index contributed by atoms with van der Waals surface area (Å²) in [6, 6.07) is 11.7. The minimum atomic E-state index is -0.137. The first-order valence-corrected chi connectivity index (χ1v) is 9.33. The van der Waals surface area contributed by atoms with E-state index in [2.05, 4.69) is 16.7 Å². The molecule has 0 unspecified atom stereocenters. The van der Waals surface area contributed by atoms with Crippen LogP contribution in [-0.2, 0) is 4.79 Å². The molecule has 2 aromatic carbocycles. The number of rotatable bonds is 7. The summed E-state index contributed by atoms with van der Waals surface area (Å²) in [5.74, 6) is 0.545. The molecule has 0 atom stereocenters. The number of carbonyl (C=O) groups is 2. The Hall–Kier alpha value is -2.82. The van der Waals surface area contributed by atoms with Gasteiger partial charge in [-0.2, -0.15) is 0 Å². The molecule has 3 rings (SSSR count). The molecule has 1 aliphatic rings.